The van der Waals surface area contributed by atoms with E-state index in [1.807, 2.05) is 36.0 Å². The zero-order valence-corrected chi connectivity index (χ0v) is 27.2. The van der Waals surface area contributed by atoms with Crippen molar-refractivity contribution in [2.45, 2.75) is 95.8 Å². The zero-order valence-electron chi connectivity index (χ0n) is 26.4. The molecule has 1 radical (unpaired) electrons. The van der Waals surface area contributed by atoms with Gasteiger partial charge in [-0.15, -0.1) is 0 Å². The molecule has 11 heteroatoms. The number of ether oxygens (including phenoxy) is 1. The topological polar surface area (TPSA) is 105 Å². The van der Waals surface area contributed by atoms with Crippen molar-refractivity contribution in [3.05, 3.63) is 64.9 Å². The molecule has 0 bridgehead atoms. The number of amidine groups is 1. The second kappa shape index (κ2) is 13.3. The fourth-order valence-electron chi connectivity index (χ4n) is 6.31. The Kier molecular flexibility index (Phi) is 9.65. The van der Waals surface area contributed by atoms with Gasteiger partial charge in [0.15, 0.2) is 5.82 Å². The largest absolute Gasteiger partial charge is 0.363 e. The van der Waals surface area contributed by atoms with E-state index < -0.39 is 15.6 Å². The Morgan fingerprint density at radius 1 is 1.11 bits per heavy atom. The molecule has 2 aromatic carbocycles. The molecule has 0 N–H and O–H groups in total. The minimum atomic E-state index is -4.09. The van der Waals surface area contributed by atoms with E-state index >= 15 is 0 Å². The molecule has 233 valence electrons. The first-order valence-electron chi connectivity index (χ1n) is 15.5. The van der Waals surface area contributed by atoms with Crippen LogP contribution in [-0.2, 0) is 32.4 Å². The molecule has 0 saturated heterocycles. The number of unbranched alkanes of at least 4 members (excludes halogenated alkanes) is 1. The maximum absolute atomic E-state index is 14.2. The van der Waals surface area contributed by atoms with Gasteiger partial charge in [0.2, 0.25) is 0 Å². The summed E-state index contributed by atoms with van der Waals surface area (Å²) in [6.07, 6.45) is 7.19. The van der Waals surface area contributed by atoms with E-state index in [0.717, 1.165) is 71.8 Å². The number of amides is 1. The molecule has 1 aliphatic heterocycles. The summed E-state index contributed by atoms with van der Waals surface area (Å²) in [7, 11) is -0.590. The Hall–Kier alpha value is -3.44. The standard InChI is InChI=1S/C33H42BN4O5S/c1-6-7-14-30-35-33(17-10-11-18-33)32(39)37(30)21-25-15-16-27(26(19-25)20-34-4)28-12-8-9-13-29(28)44(40,41)38(22-42-5)31-23(2)24(3)43-36-31/h8-9,12-13,15-16,19H,6-7,10-11,14,17-18,20-22H2,1-5H3. The molecule has 9 nitrogen and oxygen atoms in total. The number of anilines is 1. The molecule has 1 amide bonds. The second-order valence-electron chi connectivity index (χ2n) is 11.8. The van der Waals surface area contributed by atoms with Crippen molar-refractivity contribution >= 4 is 34.9 Å². The molecule has 2 aliphatic rings. The summed E-state index contributed by atoms with van der Waals surface area (Å²) < 4.78 is 40.2. The smallest absolute Gasteiger partial charge is 0.268 e. The number of benzene rings is 2. The maximum atomic E-state index is 14.2. The third kappa shape index (κ3) is 5.96. The SMILES string of the molecule is C[B]Cc1cc(CN2C(=O)C3(CCCC3)N=C2CCCC)ccc1-c1ccccc1S(=O)(=O)N(COC)c1noc(C)c1C. The molecule has 1 saturated carbocycles. The van der Waals surface area contributed by atoms with Gasteiger partial charge in [0, 0.05) is 24.7 Å². The van der Waals surface area contributed by atoms with Crippen LogP contribution >= 0.6 is 0 Å². The Bertz CT molecular complexity index is 1650. The van der Waals surface area contributed by atoms with Gasteiger partial charge in [-0.3, -0.25) is 14.7 Å². The summed E-state index contributed by atoms with van der Waals surface area (Å²) in [5.41, 5.74) is 3.43. The summed E-state index contributed by atoms with van der Waals surface area (Å²) in [4.78, 5) is 20.8. The van der Waals surface area contributed by atoms with Crippen molar-refractivity contribution in [1.82, 2.24) is 10.1 Å². The van der Waals surface area contributed by atoms with Crippen LogP contribution in [0, 0.1) is 13.8 Å². The van der Waals surface area contributed by atoms with E-state index in [9.17, 15) is 13.2 Å². The molecule has 1 aromatic heterocycles. The zero-order chi connectivity index (χ0) is 31.5. The number of carbonyl (C=O) groups excluding carboxylic acids is 1. The van der Waals surface area contributed by atoms with Crippen molar-refractivity contribution in [1.29, 1.82) is 0 Å². The summed E-state index contributed by atoms with van der Waals surface area (Å²) in [6, 6.07) is 13.1. The van der Waals surface area contributed by atoms with Gasteiger partial charge < -0.3 is 9.26 Å². The summed E-state index contributed by atoms with van der Waals surface area (Å²) >= 11 is 0. The van der Waals surface area contributed by atoms with Crippen LogP contribution in [0.4, 0.5) is 5.82 Å². The van der Waals surface area contributed by atoms with E-state index in [1.165, 1.54) is 7.11 Å². The highest BCUT2D eigenvalue weighted by Gasteiger charge is 2.49. The Labute approximate surface area is 262 Å². The quantitative estimate of drug-likeness (QED) is 0.166. The van der Waals surface area contributed by atoms with E-state index in [0.29, 0.717) is 29.8 Å². The molecule has 3 aromatic rings. The van der Waals surface area contributed by atoms with Gasteiger partial charge in [0.05, 0.1) is 11.4 Å². The third-order valence-electron chi connectivity index (χ3n) is 8.78. The number of nitrogens with zero attached hydrogens (tertiary/aromatic N) is 4. The van der Waals surface area contributed by atoms with Gasteiger partial charge in [-0.05, 0) is 55.9 Å². The fourth-order valence-corrected chi connectivity index (χ4v) is 7.90. The number of sulfonamides is 1. The van der Waals surface area contributed by atoms with Crippen LogP contribution in [-0.4, -0.2) is 56.9 Å². The number of carbonyl (C=O) groups is 1. The number of methoxy groups -OCH3 is 1. The van der Waals surface area contributed by atoms with Gasteiger partial charge in [-0.1, -0.05) is 80.9 Å². The molecular weight excluding hydrogens is 575 g/mol. The minimum absolute atomic E-state index is 0.127. The number of aromatic nitrogens is 1. The van der Waals surface area contributed by atoms with E-state index in [1.54, 1.807) is 26.0 Å². The average molecular weight is 618 g/mol. The van der Waals surface area contributed by atoms with Crippen LogP contribution in [0.5, 0.6) is 0 Å². The van der Waals surface area contributed by atoms with Crippen molar-refractivity contribution in [2.24, 2.45) is 4.99 Å². The van der Waals surface area contributed by atoms with E-state index in [-0.39, 0.29) is 23.4 Å². The summed E-state index contributed by atoms with van der Waals surface area (Å²) in [5.74, 6) is 1.77. The van der Waals surface area contributed by atoms with Gasteiger partial charge >= 0.3 is 0 Å². The first kappa shape index (κ1) is 32.0. The molecule has 0 unspecified atom stereocenters. The highest BCUT2D eigenvalue weighted by Crippen LogP contribution is 2.41. The second-order valence-corrected chi connectivity index (χ2v) is 13.7. The van der Waals surface area contributed by atoms with Crippen LogP contribution < -0.4 is 4.31 Å². The van der Waals surface area contributed by atoms with E-state index in [2.05, 4.69) is 25.4 Å². The summed E-state index contributed by atoms with van der Waals surface area (Å²) in [5, 5.41) is 4.04. The molecule has 1 spiro atoms. The highest BCUT2D eigenvalue weighted by molar-refractivity contribution is 7.93. The lowest BCUT2D eigenvalue weighted by atomic mass is 9.73. The molecule has 1 aliphatic carbocycles. The van der Waals surface area contributed by atoms with Crippen LogP contribution in [0.1, 0.15) is 74.3 Å². The Balaban J connectivity index is 1.52. The molecule has 44 heavy (non-hydrogen) atoms. The Morgan fingerprint density at radius 2 is 1.86 bits per heavy atom. The molecule has 2 heterocycles. The highest BCUT2D eigenvalue weighted by atomic mass is 32.2. The third-order valence-corrected chi connectivity index (χ3v) is 10.5. The number of aryl methyl sites for hydroxylation is 1. The first-order valence-corrected chi connectivity index (χ1v) is 16.9. The van der Waals surface area contributed by atoms with Crippen molar-refractivity contribution < 1.29 is 22.5 Å². The molecule has 1 fully saturated rings. The van der Waals surface area contributed by atoms with Crippen molar-refractivity contribution in [3.63, 3.8) is 0 Å². The molecule has 5 rings (SSSR count). The number of rotatable bonds is 13. The normalized spacial score (nSPS) is 16.2. The van der Waals surface area contributed by atoms with Crippen molar-refractivity contribution in [3.8, 4) is 11.1 Å². The van der Waals surface area contributed by atoms with E-state index in [4.69, 9.17) is 14.3 Å². The minimum Gasteiger partial charge on any atom is -0.363 e. The van der Waals surface area contributed by atoms with Gasteiger partial charge in [0.25, 0.3) is 15.9 Å². The monoisotopic (exact) mass is 617 g/mol. The van der Waals surface area contributed by atoms with Crippen LogP contribution in [0.15, 0.2) is 56.9 Å². The maximum Gasteiger partial charge on any atom is 0.268 e. The average Bonchev–Trinajstić information content (AvgIpc) is 3.70. The van der Waals surface area contributed by atoms with Gasteiger partial charge in [-0.25, -0.2) is 12.7 Å². The lowest BCUT2D eigenvalue weighted by molar-refractivity contribution is -0.131. The van der Waals surface area contributed by atoms with Crippen LogP contribution in [0.3, 0.4) is 0 Å². The lowest BCUT2D eigenvalue weighted by Gasteiger charge is -2.24. The van der Waals surface area contributed by atoms with Gasteiger partial charge in [-0.2, -0.15) is 0 Å². The van der Waals surface area contributed by atoms with Gasteiger partial charge in [0.1, 0.15) is 31.1 Å². The molecule has 0 atom stereocenters. The molecular formula is C33H42BN4O5S. The van der Waals surface area contributed by atoms with Crippen LogP contribution in [0.25, 0.3) is 11.1 Å². The number of hydrogen-bond donors (Lipinski definition) is 0. The predicted octanol–water partition coefficient (Wildman–Crippen LogP) is 6.25. The lowest BCUT2D eigenvalue weighted by Crippen LogP contribution is -2.40. The predicted molar refractivity (Wildman–Crippen MR) is 173 cm³/mol. The Morgan fingerprint density at radius 3 is 2.52 bits per heavy atom. The van der Waals surface area contributed by atoms with Crippen molar-refractivity contribution in [2.75, 3.05) is 18.1 Å². The first-order chi connectivity index (χ1) is 21.2. The fraction of sp³-hybridized carbons (Fsp3) is 0.485. The number of aliphatic imine (C=N–C) groups is 1. The number of hydrogen-bond acceptors (Lipinski definition) is 7. The summed E-state index contributed by atoms with van der Waals surface area (Å²) in [6.45, 7) is 7.89. The van der Waals surface area contributed by atoms with Crippen LogP contribution in [0.2, 0.25) is 6.82 Å².